The van der Waals surface area contributed by atoms with Gasteiger partial charge in [0.25, 0.3) is 5.56 Å². The summed E-state index contributed by atoms with van der Waals surface area (Å²) < 4.78 is 21.1. The first kappa shape index (κ1) is 31.1. The lowest BCUT2D eigenvalue weighted by atomic mass is 9.45. The Bertz CT molecular complexity index is 1830. The largest absolute Gasteiger partial charge is 0.497 e. The number of aromatic nitrogens is 3. The summed E-state index contributed by atoms with van der Waals surface area (Å²) in [5.74, 6) is 3.94. The van der Waals surface area contributed by atoms with Crippen molar-refractivity contribution in [2.75, 3.05) is 43.5 Å². The Morgan fingerprint density at radius 1 is 1.06 bits per heavy atom. The molecule has 2 aromatic heterocycles. The molecule has 8 rings (SSSR count). The molecule has 4 atom stereocenters. The van der Waals surface area contributed by atoms with Crippen molar-refractivity contribution in [2.24, 2.45) is 28.2 Å². The van der Waals surface area contributed by atoms with Gasteiger partial charge in [-0.25, -0.2) is 19.4 Å². The topological polar surface area (TPSA) is 87.9 Å². The van der Waals surface area contributed by atoms with Crippen LogP contribution in [0.15, 0.2) is 76.9 Å². The predicted molar refractivity (Wildman–Crippen MR) is 185 cm³/mol. The third-order valence-corrected chi connectivity index (χ3v) is 11.1. The summed E-state index contributed by atoms with van der Waals surface area (Å²) >= 11 is 0. The molecule has 0 radical (unpaired) electrons. The van der Waals surface area contributed by atoms with Gasteiger partial charge in [-0.05, 0) is 84.4 Å². The summed E-state index contributed by atoms with van der Waals surface area (Å²) in [4.78, 5) is 32.7. The van der Waals surface area contributed by atoms with Gasteiger partial charge in [0.2, 0.25) is 0 Å². The third-order valence-electron chi connectivity index (χ3n) is 11.1. The van der Waals surface area contributed by atoms with Gasteiger partial charge in [0.05, 0.1) is 30.4 Å². The number of aryl methyl sites for hydroxylation is 2. The minimum atomic E-state index is -0.346. The van der Waals surface area contributed by atoms with Crippen molar-refractivity contribution < 1.29 is 9.13 Å². The molecular weight excluding hydrogens is 593 g/mol. The van der Waals surface area contributed by atoms with E-state index in [0.717, 1.165) is 50.1 Å². The zero-order chi connectivity index (χ0) is 32.7. The molecule has 9 nitrogen and oxygen atoms in total. The Balaban J connectivity index is 1.11. The number of fused-ring (bicyclic) bond motifs is 3. The van der Waals surface area contributed by atoms with Gasteiger partial charge in [-0.1, -0.05) is 32.9 Å². The fourth-order valence-corrected chi connectivity index (χ4v) is 7.95. The van der Waals surface area contributed by atoms with Crippen LogP contribution in [-0.4, -0.2) is 64.7 Å². The summed E-state index contributed by atoms with van der Waals surface area (Å²) in [5, 5.41) is 4.18. The number of aliphatic imine (C=N–C) groups is 1. The van der Waals surface area contributed by atoms with Crippen molar-refractivity contribution in [3.8, 4) is 5.75 Å². The highest BCUT2D eigenvalue weighted by Gasteiger charge is 2.56. The van der Waals surface area contributed by atoms with E-state index in [4.69, 9.17) is 9.73 Å². The standard InChI is InChI=1S/C37H44FN7O2/c1-24-30-19-26(37(30,2)3)20-32(24)42-36(44-17-15-43(16-18-44)34-7-5-6-13-39-34)41-27-9-11-29-33(21-27)40-23-45(35(29)46)14-12-25-8-10-28(47-4)22-31(25)38/h5-11,13,21-24,26,30,32H,12,14-20H2,1-4H3,(H,41,42). The zero-order valence-electron chi connectivity index (χ0n) is 27.7. The van der Waals surface area contributed by atoms with Crippen molar-refractivity contribution in [3.63, 3.8) is 0 Å². The molecule has 2 bridgehead atoms. The number of pyridine rings is 1. The van der Waals surface area contributed by atoms with E-state index in [1.54, 1.807) is 23.0 Å². The number of hydrogen-bond acceptors (Lipinski definition) is 6. The summed E-state index contributed by atoms with van der Waals surface area (Å²) in [6.45, 7) is 10.9. The summed E-state index contributed by atoms with van der Waals surface area (Å²) in [6, 6.07) is 16.8. The summed E-state index contributed by atoms with van der Waals surface area (Å²) in [7, 11) is 1.51. The zero-order valence-corrected chi connectivity index (χ0v) is 27.7. The van der Waals surface area contributed by atoms with E-state index in [1.807, 2.05) is 36.5 Å². The molecule has 2 aromatic carbocycles. The second-order valence-electron chi connectivity index (χ2n) is 13.9. The molecule has 4 unspecified atom stereocenters. The minimum absolute atomic E-state index is 0.145. The smallest absolute Gasteiger partial charge is 0.261 e. The Hall–Kier alpha value is -4.47. The quantitative estimate of drug-likeness (QED) is 0.201. The van der Waals surface area contributed by atoms with Gasteiger partial charge < -0.3 is 19.9 Å². The molecule has 47 heavy (non-hydrogen) atoms. The van der Waals surface area contributed by atoms with Crippen LogP contribution in [-0.2, 0) is 13.0 Å². The number of rotatable bonds is 7. The first-order valence-electron chi connectivity index (χ1n) is 16.8. The second-order valence-corrected chi connectivity index (χ2v) is 13.9. The molecule has 3 heterocycles. The molecular formula is C37H44FN7O2. The van der Waals surface area contributed by atoms with E-state index in [1.165, 1.54) is 19.6 Å². The van der Waals surface area contributed by atoms with Crippen LogP contribution >= 0.6 is 0 Å². The Morgan fingerprint density at radius 3 is 2.60 bits per heavy atom. The van der Waals surface area contributed by atoms with Gasteiger partial charge in [-0.15, -0.1) is 0 Å². The normalized spacial score (nSPS) is 23.8. The summed E-state index contributed by atoms with van der Waals surface area (Å²) in [5.41, 5.74) is 2.24. The molecule has 4 aliphatic rings. The lowest BCUT2D eigenvalue weighted by Gasteiger charge is -2.61. The molecule has 0 amide bonds. The first-order valence-corrected chi connectivity index (χ1v) is 16.8. The maximum absolute atomic E-state index is 14.5. The van der Waals surface area contributed by atoms with Crippen LogP contribution in [0.3, 0.4) is 0 Å². The van der Waals surface area contributed by atoms with Crippen molar-refractivity contribution in [1.82, 2.24) is 19.4 Å². The van der Waals surface area contributed by atoms with Crippen molar-refractivity contribution in [3.05, 3.63) is 88.9 Å². The van der Waals surface area contributed by atoms with Crippen LogP contribution in [0, 0.1) is 29.0 Å². The van der Waals surface area contributed by atoms with Crippen LogP contribution < -0.4 is 20.5 Å². The number of ether oxygens (including phenoxy) is 1. The molecule has 3 saturated carbocycles. The highest BCUT2D eigenvalue weighted by atomic mass is 19.1. The fraction of sp³-hybridized carbons (Fsp3) is 0.459. The molecule has 4 aromatic rings. The number of guanidine groups is 1. The highest BCUT2D eigenvalue weighted by molar-refractivity contribution is 5.96. The molecule has 246 valence electrons. The van der Waals surface area contributed by atoms with Crippen LogP contribution in [0.25, 0.3) is 10.9 Å². The first-order chi connectivity index (χ1) is 22.7. The number of nitrogens with zero attached hydrogens (tertiary/aromatic N) is 6. The second kappa shape index (κ2) is 12.6. The Labute approximate surface area is 275 Å². The average Bonchev–Trinajstić information content (AvgIpc) is 3.09. The number of halogens is 1. The number of methoxy groups -OCH3 is 1. The van der Waals surface area contributed by atoms with Gasteiger partial charge >= 0.3 is 0 Å². The maximum atomic E-state index is 14.5. The Kier molecular flexibility index (Phi) is 8.36. The third kappa shape index (κ3) is 6.05. The van der Waals surface area contributed by atoms with Gasteiger partial charge in [-0.3, -0.25) is 9.36 Å². The van der Waals surface area contributed by atoms with Crippen molar-refractivity contribution in [2.45, 2.75) is 52.6 Å². The van der Waals surface area contributed by atoms with Crippen molar-refractivity contribution in [1.29, 1.82) is 0 Å². The maximum Gasteiger partial charge on any atom is 0.261 e. The van der Waals surface area contributed by atoms with Crippen LogP contribution in [0.2, 0.25) is 0 Å². The van der Waals surface area contributed by atoms with Crippen LogP contribution in [0.4, 0.5) is 15.9 Å². The molecule has 3 aliphatic carbocycles. The van der Waals surface area contributed by atoms with Gasteiger partial charge in [0, 0.05) is 50.7 Å². The number of nitrogens with one attached hydrogen (secondary N) is 1. The monoisotopic (exact) mass is 637 g/mol. The molecule has 10 heteroatoms. The van der Waals surface area contributed by atoms with E-state index in [0.29, 0.717) is 58.4 Å². The van der Waals surface area contributed by atoms with Crippen molar-refractivity contribution >= 4 is 28.4 Å². The van der Waals surface area contributed by atoms with Gasteiger partial charge in [0.15, 0.2) is 5.96 Å². The number of benzene rings is 2. The average molecular weight is 638 g/mol. The minimum Gasteiger partial charge on any atom is -0.497 e. The van der Waals surface area contributed by atoms with E-state index in [9.17, 15) is 9.18 Å². The molecule has 1 N–H and O–H groups in total. The van der Waals surface area contributed by atoms with Crippen LogP contribution in [0.1, 0.15) is 39.2 Å². The van der Waals surface area contributed by atoms with E-state index in [2.05, 4.69) is 51.9 Å². The molecule has 1 aliphatic heterocycles. The number of hydrogen-bond donors (Lipinski definition) is 1. The molecule has 4 fully saturated rings. The number of anilines is 2. The van der Waals surface area contributed by atoms with Gasteiger partial charge in [0.1, 0.15) is 17.4 Å². The molecule has 1 saturated heterocycles. The van der Waals surface area contributed by atoms with Gasteiger partial charge in [-0.2, -0.15) is 0 Å². The van der Waals surface area contributed by atoms with E-state index >= 15 is 0 Å². The lowest BCUT2D eigenvalue weighted by molar-refractivity contribution is -0.108. The SMILES string of the molecule is COc1ccc(CCn2cnc3cc(NC(=NC4CC5CC(C4C)C5(C)C)N4CCN(c5ccccn5)CC4)ccc3c2=O)c(F)c1. The van der Waals surface area contributed by atoms with E-state index < -0.39 is 0 Å². The lowest BCUT2D eigenvalue weighted by Crippen LogP contribution is -2.57. The molecule has 0 spiro atoms. The van der Waals surface area contributed by atoms with E-state index in [-0.39, 0.29) is 17.4 Å². The fourth-order valence-electron chi connectivity index (χ4n) is 7.95. The summed E-state index contributed by atoms with van der Waals surface area (Å²) in [6.07, 6.45) is 6.20. The predicted octanol–water partition coefficient (Wildman–Crippen LogP) is 5.84. The number of piperazine rings is 1. The Morgan fingerprint density at radius 2 is 1.89 bits per heavy atom. The van der Waals surface area contributed by atoms with Crippen LogP contribution in [0.5, 0.6) is 5.75 Å². The highest BCUT2D eigenvalue weighted by Crippen LogP contribution is 2.61.